The molecular formula is C32H59N3O6S. The lowest BCUT2D eigenvalue weighted by Crippen LogP contribution is -2.44. The van der Waals surface area contributed by atoms with E-state index >= 15 is 0 Å². The standard InChI is InChI=1S/C32H59N3O6S/c1-5-7-8-9-10-11-12-13-14-15-16-17-18-19-20-21-22-33-31(37)40-26-29(39-4)27-41-32(38)35(28(3)36)25-30-34(6-2)23-24-42-30/h23-24,29-30H,5-22,25-27H2,1-4H3,(H,33,37). The zero-order valence-corrected chi connectivity index (χ0v) is 27.7. The zero-order chi connectivity index (χ0) is 30.8. The molecule has 1 heterocycles. The van der Waals surface area contributed by atoms with Crippen LogP contribution in [0.3, 0.4) is 0 Å². The molecule has 1 rings (SSSR count). The monoisotopic (exact) mass is 613 g/mol. The van der Waals surface area contributed by atoms with Crippen LogP contribution in [0.15, 0.2) is 11.6 Å². The molecule has 0 aromatic carbocycles. The van der Waals surface area contributed by atoms with E-state index in [9.17, 15) is 14.4 Å². The number of hydrogen-bond donors (Lipinski definition) is 1. The highest BCUT2D eigenvalue weighted by atomic mass is 32.2. The lowest BCUT2D eigenvalue weighted by Gasteiger charge is -2.28. The van der Waals surface area contributed by atoms with Crippen molar-refractivity contribution in [1.82, 2.24) is 15.1 Å². The quantitative estimate of drug-likeness (QED) is 0.104. The van der Waals surface area contributed by atoms with Gasteiger partial charge in [-0.3, -0.25) is 4.79 Å². The topological polar surface area (TPSA) is 97.4 Å². The summed E-state index contributed by atoms with van der Waals surface area (Å²) in [6.07, 6.45) is 21.0. The van der Waals surface area contributed by atoms with E-state index in [0.717, 1.165) is 24.3 Å². The Morgan fingerprint density at radius 3 is 1.86 bits per heavy atom. The Bertz CT molecular complexity index is 754. The molecule has 9 nitrogen and oxygen atoms in total. The van der Waals surface area contributed by atoms with Crippen molar-refractivity contribution in [2.75, 3.05) is 40.0 Å². The molecule has 0 aliphatic carbocycles. The average molecular weight is 614 g/mol. The second kappa shape index (κ2) is 25.5. The van der Waals surface area contributed by atoms with Gasteiger partial charge in [0, 0.05) is 33.3 Å². The predicted molar refractivity (Wildman–Crippen MR) is 171 cm³/mol. The van der Waals surface area contributed by atoms with Crippen LogP contribution in [0.25, 0.3) is 0 Å². The van der Waals surface area contributed by atoms with Gasteiger partial charge in [0.15, 0.2) is 0 Å². The van der Waals surface area contributed by atoms with Gasteiger partial charge >= 0.3 is 12.2 Å². The van der Waals surface area contributed by atoms with Gasteiger partial charge in [-0.1, -0.05) is 103 Å². The van der Waals surface area contributed by atoms with Gasteiger partial charge in [-0.25, -0.2) is 14.5 Å². The number of ether oxygens (including phenoxy) is 3. The summed E-state index contributed by atoms with van der Waals surface area (Å²) in [5.41, 5.74) is 0. The molecule has 0 aromatic heterocycles. The number of methoxy groups -OCH3 is 1. The van der Waals surface area contributed by atoms with Gasteiger partial charge in [0.2, 0.25) is 5.91 Å². The minimum Gasteiger partial charge on any atom is -0.447 e. The van der Waals surface area contributed by atoms with Gasteiger partial charge < -0.3 is 24.4 Å². The Morgan fingerprint density at radius 1 is 0.833 bits per heavy atom. The van der Waals surface area contributed by atoms with Crippen molar-refractivity contribution < 1.29 is 28.6 Å². The molecule has 2 unspecified atom stereocenters. The van der Waals surface area contributed by atoms with Gasteiger partial charge in [0.1, 0.15) is 19.3 Å². The number of rotatable bonds is 25. The minimum atomic E-state index is -0.735. The molecule has 1 N–H and O–H groups in total. The van der Waals surface area contributed by atoms with Gasteiger partial charge in [-0.05, 0) is 18.8 Å². The van der Waals surface area contributed by atoms with Crippen molar-refractivity contribution in [3.8, 4) is 0 Å². The number of nitrogens with one attached hydrogen (secondary N) is 1. The van der Waals surface area contributed by atoms with Crippen LogP contribution in [0.1, 0.15) is 124 Å². The number of nitrogens with zero attached hydrogens (tertiary/aromatic N) is 2. The van der Waals surface area contributed by atoms with E-state index < -0.39 is 18.3 Å². The Morgan fingerprint density at radius 2 is 1.36 bits per heavy atom. The molecule has 2 atom stereocenters. The van der Waals surface area contributed by atoms with Crippen molar-refractivity contribution in [2.24, 2.45) is 0 Å². The average Bonchev–Trinajstić information content (AvgIpc) is 3.44. The number of unbranched alkanes of at least 4 members (excludes halogenated alkanes) is 15. The Labute approximate surface area is 259 Å². The third kappa shape index (κ3) is 18.6. The summed E-state index contributed by atoms with van der Waals surface area (Å²) < 4.78 is 15.8. The molecule has 0 bridgehead atoms. The fourth-order valence-electron chi connectivity index (χ4n) is 4.83. The molecule has 0 saturated carbocycles. The summed E-state index contributed by atoms with van der Waals surface area (Å²) in [5, 5.41) is 4.68. The van der Waals surface area contributed by atoms with E-state index in [1.54, 1.807) is 11.8 Å². The first-order valence-electron chi connectivity index (χ1n) is 16.4. The van der Waals surface area contributed by atoms with Crippen molar-refractivity contribution in [3.63, 3.8) is 0 Å². The number of hydrogen-bond acceptors (Lipinski definition) is 8. The molecule has 0 spiro atoms. The highest BCUT2D eigenvalue weighted by molar-refractivity contribution is 8.02. The first kappa shape index (κ1) is 38.1. The molecule has 10 heteroatoms. The Hall–Kier alpha value is -1.94. The second-order valence-corrected chi connectivity index (χ2v) is 12.2. The summed E-state index contributed by atoms with van der Waals surface area (Å²) >= 11 is 1.55. The third-order valence-corrected chi connectivity index (χ3v) is 8.60. The first-order valence-corrected chi connectivity index (χ1v) is 17.3. The fourth-order valence-corrected chi connectivity index (χ4v) is 5.85. The van der Waals surface area contributed by atoms with Gasteiger partial charge in [0.25, 0.3) is 0 Å². The highest BCUT2D eigenvalue weighted by Gasteiger charge is 2.28. The summed E-state index contributed by atoms with van der Waals surface area (Å²) in [6.45, 7) is 7.01. The van der Waals surface area contributed by atoms with Crippen LogP contribution in [-0.4, -0.2) is 79.3 Å². The van der Waals surface area contributed by atoms with Crippen LogP contribution in [0.4, 0.5) is 9.59 Å². The first-order chi connectivity index (χ1) is 20.4. The maximum absolute atomic E-state index is 12.6. The van der Waals surface area contributed by atoms with Crippen molar-refractivity contribution in [2.45, 2.75) is 135 Å². The van der Waals surface area contributed by atoms with E-state index in [1.807, 2.05) is 18.5 Å². The molecule has 0 radical (unpaired) electrons. The van der Waals surface area contributed by atoms with E-state index in [4.69, 9.17) is 14.2 Å². The molecule has 42 heavy (non-hydrogen) atoms. The lowest BCUT2D eigenvalue weighted by molar-refractivity contribution is -0.127. The lowest BCUT2D eigenvalue weighted by atomic mass is 10.0. The van der Waals surface area contributed by atoms with Crippen LogP contribution in [-0.2, 0) is 19.0 Å². The molecule has 3 amide bonds. The van der Waals surface area contributed by atoms with Crippen LogP contribution in [0.5, 0.6) is 0 Å². The maximum atomic E-state index is 12.6. The van der Waals surface area contributed by atoms with Crippen LogP contribution >= 0.6 is 11.8 Å². The molecule has 244 valence electrons. The van der Waals surface area contributed by atoms with Gasteiger partial charge in [-0.15, -0.1) is 11.8 Å². The second-order valence-electron chi connectivity index (χ2n) is 11.1. The molecule has 1 aliphatic rings. The smallest absolute Gasteiger partial charge is 0.416 e. The molecule has 0 saturated heterocycles. The van der Waals surface area contributed by atoms with Crippen molar-refractivity contribution >= 4 is 29.9 Å². The number of amides is 3. The zero-order valence-electron chi connectivity index (χ0n) is 26.9. The number of carbonyl (C=O) groups is 3. The third-order valence-electron chi connectivity index (χ3n) is 7.59. The summed E-state index contributed by atoms with van der Waals surface area (Å²) in [5.74, 6) is -0.387. The number of alkyl carbamates (subject to hydrolysis) is 1. The summed E-state index contributed by atoms with van der Waals surface area (Å²) in [7, 11) is 1.46. The van der Waals surface area contributed by atoms with E-state index in [1.165, 1.54) is 104 Å². The summed E-state index contributed by atoms with van der Waals surface area (Å²) in [6, 6.07) is 0. The predicted octanol–water partition coefficient (Wildman–Crippen LogP) is 7.84. The number of imide groups is 1. The molecule has 0 fully saturated rings. The maximum Gasteiger partial charge on any atom is 0.416 e. The van der Waals surface area contributed by atoms with Crippen molar-refractivity contribution in [3.05, 3.63) is 11.6 Å². The summed E-state index contributed by atoms with van der Waals surface area (Å²) in [4.78, 5) is 39.8. The number of thioether (sulfide) groups is 1. The van der Waals surface area contributed by atoms with E-state index in [0.29, 0.717) is 6.54 Å². The van der Waals surface area contributed by atoms with Crippen molar-refractivity contribution in [1.29, 1.82) is 0 Å². The van der Waals surface area contributed by atoms with Gasteiger partial charge in [-0.2, -0.15) is 0 Å². The fraction of sp³-hybridized carbons (Fsp3) is 0.844. The van der Waals surface area contributed by atoms with Crippen LogP contribution in [0.2, 0.25) is 0 Å². The number of carbonyl (C=O) groups excluding carboxylic acids is 3. The highest BCUT2D eigenvalue weighted by Crippen LogP contribution is 2.25. The molecule has 1 aliphatic heterocycles. The van der Waals surface area contributed by atoms with Gasteiger partial charge in [0.05, 0.1) is 11.9 Å². The SMILES string of the molecule is CCCCCCCCCCCCCCCCCCNC(=O)OCC(COC(=O)N(CC1SC=CN1CC)C(C)=O)OC. The largest absolute Gasteiger partial charge is 0.447 e. The van der Waals surface area contributed by atoms with E-state index in [2.05, 4.69) is 17.1 Å². The number of likely N-dealkylation sites (N-methyl/N-ethyl adjacent to an activating group) is 1. The minimum absolute atomic E-state index is 0.0360. The normalized spacial score (nSPS) is 15.0. The Balaban J connectivity index is 2.03. The molecule has 0 aromatic rings. The van der Waals surface area contributed by atoms with E-state index in [-0.39, 0.29) is 31.0 Å². The van der Waals surface area contributed by atoms with Crippen LogP contribution < -0.4 is 5.32 Å². The molecular weight excluding hydrogens is 554 g/mol. The Kier molecular flexibility index (Phi) is 23.2. The van der Waals surface area contributed by atoms with Crippen LogP contribution in [0, 0.1) is 0 Å².